The zero-order chi connectivity index (χ0) is 34.8. The van der Waals surface area contributed by atoms with Gasteiger partial charge >= 0.3 is 24.4 Å². The second-order valence-electron chi connectivity index (χ2n) is 12.2. The molecule has 0 spiro atoms. The molecule has 0 bridgehead atoms. The minimum Gasteiger partial charge on any atom is -0.340 e. The van der Waals surface area contributed by atoms with Crippen molar-refractivity contribution in [2.45, 2.75) is 63.0 Å². The maximum absolute atomic E-state index is 13.8. The van der Waals surface area contributed by atoms with Crippen molar-refractivity contribution < 1.29 is 45.1 Å². The molecule has 1 saturated carbocycles. The van der Waals surface area contributed by atoms with E-state index in [1.807, 2.05) is 6.92 Å². The SMILES string of the molecule is CCN(C)C(=O)NC1CCC(C(=O)N2C[C@@H](N(C)C(=O)N(C)c3cc(C(F)(F)F)cc(C(F)(F)F)c3)[C@H](c3ccc(F)cc3)C2)CC1. The van der Waals surface area contributed by atoms with Crippen LogP contribution in [0.4, 0.5) is 46.0 Å². The highest BCUT2D eigenvalue weighted by molar-refractivity contribution is 5.92. The van der Waals surface area contributed by atoms with Gasteiger partial charge in [0.2, 0.25) is 5.91 Å². The number of nitrogens with one attached hydrogen (secondary N) is 1. The van der Waals surface area contributed by atoms with Crippen LogP contribution in [0.2, 0.25) is 0 Å². The van der Waals surface area contributed by atoms with Crippen LogP contribution < -0.4 is 10.2 Å². The first-order valence-corrected chi connectivity index (χ1v) is 15.3. The first kappa shape index (κ1) is 35.8. The molecule has 1 aliphatic heterocycles. The lowest BCUT2D eigenvalue weighted by atomic mass is 9.85. The third kappa shape index (κ3) is 8.28. The number of likely N-dealkylation sites (N-methyl/N-ethyl adjacent to an activating group) is 1. The Balaban J connectivity index is 1.54. The van der Waals surface area contributed by atoms with Gasteiger partial charge in [0.1, 0.15) is 5.82 Å². The zero-order valence-electron chi connectivity index (χ0n) is 26.5. The normalized spacial score (nSPS) is 21.7. The van der Waals surface area contributed by atoms with E-state index < -0.39 is 53.0 Å². The van der Waals surface area contributed by atoms with Gasteiger partial charge in [-0.2, -0.15) is 26.3 Å². The molecule has 47 heavy (non-hydrogen) atoms. The van der Waals surface area contributed by atoms with E-state index in [4.69, 9.17) is 0 Å². The fourth-order valence-corrected chi connectivity index (χ4v) is 6.19. The van der Waals surface area contributed by atoms with Gasteiger partial charge in [0.25, 0.3) is 0 Å². The summed E-state index contributed by atoms with van der Waals surface area (Å²) in [4.78, 5) is 44.7. The number of amides is 5. The van der Waals surface area contributed by atoms with Crippen molar-refractivity contribution in [3.63, 3.8) is 0 Å². The predicted octanol–water partition coefficient (Wildman–Crippen LogP) is 6.57. The van der Waals surface area contributed by atoms with Gasteiger partial charge in [0.05, 0.1) is 17.2 Å². The molecule has 4 rings (SSSR count). The van der Waals surface area contributed by atoms with Crippen LogP contribution >= 0.6 is 0 Å². The van der Waals surface area contributed by atoms with E-state index >= 15 is 0 Å². The molecule has 2 fully saturated rings. The number of urea groups is 2. The number of carbonyl (C=O) groups excluding carboxylic acids is 3. The van der Waals surface area contributed by atoms with Crippen LogP contribution in [0, 0.1) is 11.7 Å². The number of alkyl halides is 6. The summed E-state index contributed by atoms with van der Waals surface area (Å²) in [5.74, 6) is -1.51. The topological polar surface area (TPSA) is 76.2 Å². The molecule has 2 atom stereocenters. The van der Waals surface area contributed by atoms with Gasteiger partial charge in [0.15, 0.2) is 0 Å². The molecule has 1 N–H and O–H groups in total. The molecule has 8 nitrogen and oxygen atoms in total. The molecule has 0 unspecified atom stereocenters. The van der Waals surface area contributed by atoms with Crippen molar-refractivity contribution >= 4 is 23.7 Å². The average Bonchev–Trinajstić information content (AvgIpc) is 3.48. The summed E-state index contributed by atoms with van der Waals surface area (Å²) in [6, 6.07) is 4.56. The quantitative estimate of drug-likeness (QED) is 0.353. The third-order valence-electron chi connectivity index (χ3n) is 9.17. The third-order valence-corrected chi connectivity index (χ3v) is 9.17. The molecule has 1 aliphatic carbocycles. The first-order chi connectivity index (χ1) is 21.9. The fraction of sp³-hybridized carbons (Fsp3) is 0.531. The number of nitrogens with zero attached hydrogens (tertiary/aromatic N) is 4. The van der Waals surface area contributed by atoms with Gasteiger partial charge < -0.3 is 20.0 Å². The van der Waals surface area contributed by atoms with Gasteiger partial charge in [-0.15, -0.1) is 0 Å². The Hall–Kier alpha value is -4.04. The maximum atomic E-state index is 13.8. The predicted molar refractivity (Wildman–Crippen MR) is 160 cm³/mol. The number of likely N-dealkylation sites (tertiary alicyclic amines) is 1. The van der Waals surface area contributed by atoms with E-state index in [0.717, 1.165) is 7.05 Å². The van der Waals surface area contributed by atoms with Crippen LogP contribution in [0.15, 0.2) is 42.5 Å². The minimum absolute atomic E-state index is 0.0123. The summed E-state index contributed by atoms with van der Waals surface area (Å²) >= 11 is 0. The van der Waals surface area contributed by atoms with E-state index in [9.17, 15) is 45.1 Å². The van der Waals surface area contributed by atoms with E-state index in [2.05, 4.69) is 5.32 Å². The van der Waals surface area contributed by atoms with Gasteiger partial charge in [-0.25, -0.2) is 14.0 Å². The summed E-state index contributed by atoms with van der Waals surface area (Å²) in [6.45, 7) is 2.61. The van der Waals surface area contributed by atoms with Gasteiger partial charge in [-0.1, -0.05) is 12.1 Å². The number of benzene rings is 2. The molecule has 2 aliphatic rings. The summed E-state index contributed by atoms with van der Waals surface area (Å²) in [5.41, 5.74) is -3.11. The monoisotopic (exact) mass is 673 g/mol. The molecule has 0 aromatic heterocycles. The van der Waals surface area contributed by atoms with E-state index in [1.54, 1.807) is 16.8 Å². The molecule has 2 aromatic carbocycles. The lowest BCUT2D eigenvalue weighted by Gasteiger charge is -2.33. The van der Waals surface area contributed by atoms with Crippen LogP contribution in [0.25, 0.3) is 0 Å². The largest absolute Gasteiger partial charge is 0.416 e. The lowest BCUT2D eigenvalue weighted by molar-refractivity contribution is -0.143. The summed E-state index contributed by atoms with van der Waals surface area (Å²) < 4.78 is 94.8. The molecule has 1 heterocycles. The number of halogens is 7. The zero-order valence-corrected chi connectivity index (χ0v) is 26.5. The molecule has 15 heteroatoms. The van der Waals surface area contributed by atoms with Crippen molar-refractivity contribution in [2.24, 2.45) is 5.92 Å². The standard InChI is InChI=1S/C32H38F7N5O3/c1-5-41(2)29(46)40-24-12-8-20(9-13-24)28(45)44-17-26(19-6-10-23(33)11-7-19)27(18-44)43(4)30(47)42(3)25-15-21(31(34,35)36)14-22(16-25)32(37,38)39/h6-7,10-11,14-16,20,24,26-27H,5,8-9,12-13,17-18H2,1-4H3,(H,40,46)/t20?,24?,26-,27+/m0/s1. The van der Waals surface area contributed by atoms with Gasteiger partial charge in [0, 0.05) is 64.3 Å². The Labute approximate surface area is 268 Å². The molecule has 2 aromatic rings. The Morgan fingerprint density at radius 1 is 0.851 bits per heavy atom. The van der Waals surface area contributed by atoms with Crippen LogP contribution in [0.1, 0.15) is 55.2 Å². The molecule has 0 radical (unpaired) electrons. The number of rotatable bonds is 6. The Kier molecular flexibility index (Phi) is 10.7. The smallest absolute Gasteiger partial charge is 0.340 e. The average molecular weight is 674 g/mol. The first-order valence-electron chi connectivity index (χ1n) is 15.3. The van der Waals surface area contributed by atoms with Crippen LogP contribution in [-0.2, 0) is 17.1 Å². The number of carbonyl (C=O) groups is 3. The number of hydrogen-bond donors (Lipinski definition) is 1. The molecular weight excluding hydrogens is 635 g/mol. The van der Waals surface area contributed by atoms with Crippen molar-refractivity contribution in [3.05, 3.63) is 65.0 Å². The van der Waals surface area contributed by atoms with Crippen molar-refractivity contribution in [3.8, 4) is 0 Å². The maximum Gasteiger partial charge on any atom is 0.416 e. The molecule has 1 saturated heterocycles. The van der Waals surface area contributed by atoms with E-state index in [-0.39, 0.29) is 43.1 Å². The number of hydrogen-bond acceptors (Lipinski definition) is 3. The summed E-state index contributed by atoms with van der Waals surface area (Å²) in [5, 5.41) is 2.97. The summed E-state index contributed by atoms with van der Waals surface area (Å²) in [6.07, 6.45) is -7.95. The minimum atomic E-state index is -5.09. The van der Waals surface area contributed by atoms with Crippen LogP contribution in [0.5, 0.6) is 0 Å². The molecule has 258 valence electrons. The van der Waals surface area contributed by atoms with E-state index in [1.165, 1.54) is 36.2 Å². The van der Waals surface area contributed by atoms with Crippen molar-refractivity contribution in [2.75, 3.05) is 45.7 Å². The van der Waals surface area contributed by atoms with Gasteiger partial charge in [-0.3, -0.25) is 9.69 Å². The highest BCUT2D eigenvalue weighted by atomic mass is 19.4. The lowest BCUT2D eigenvalue weighted by Crippen LogP contribution is -2.48. The number of anilines is 1. The van der Waals surface area contributed by atoms with Gasteiger partial charge in [-0.05, 0) is 68.5 Å². The Morgan fingerprint density at radius 3 is 1.91 bits per heavy atom. The molecular formula is C32H38F7N5O3. The van der Waals surface area contributed by atoms with Crippen molar-refractivity contribution in [1.29, 1.82) is 0 Å². The second-order valence-corrected chi connectivity index (χ2v) is 12.2. The highest BCUT2D eigenvalue weighted by Gasteiger charge is 2.43. The van der Waals surface area contributed by atoms with Crippen LogP contribution in [-0.4, -0.2) is 85.5 Å². The Morgan fingerprint density at radius 2 is 1.40 bits per heavy atom. The van der Waals surface area contributed by atoms with E-state index in [0.29, 0.717) is 54.8 Å². The fourth-order valence-electron chi connectivity index (χ4n) is 6.19. The molecule has 5 amide bonds. The summed E-state index contributed by atoms with van der Waals surface area (Å²) in [7, 11) is 4.13. The highest BCUT2D eigenvalue weighted by Crippen LogP contribution is 2.39. The second kappa shape index (κ2) is 14.0. The Bertz CT molecular complexity index is 1410. The van der Waals surface area contributed by atoms with Crippen LogP contribution in [0.3, 0.4) is 0 Å². The van der Waals surface area contributed by atoms with Crippen molar-refractivity contribution in [1.82, 2.24) is 20.0 Å².